The lowest BCUT2D eigenvalue weighted by Crippen LogP contribution is -2.46. The van der Waals surface area contributed by atoms with E-state index in [1.54, 1.807) is 6.07 Å². The highest BCUT2D eigenvalue weighted by Crippen LogP contribution is 2.18. The molecule has 6 nitrogen and oxygen atoms in total. The van der Waals surface area contributed by atoms with Crippen molar-refractivity contribution < 1.29 is 4.79 Å². The quantitative estimate of drug-likeness (QED) is 0.820. The maximum absolute atomic E-state index is 12.3. The van der Waals surface area contributed by atoms with Gasteiger partial charge in [0.1, 0.15) is 0 Å². The number of carbonyl (C=O) groups excluding carboxylic acids is 1. The SMILES string of the molecule is O=C(NC1CCCC1)c1ccc(N2CCN(C/C=C/c3ccccc3)CC2)nn1. The number of rotatable bonds is 6. The van der Waals surface area contributed by atoms with Crippen LogP contribution in [0.2, 0.25) is 0 Å². The highest BCUT2D eigenvalue weighted by Gasteiger charge is 2.20. The summed E-state index contributed by atoms with van der Waals surface area (Å²) in [5.74, 6) is 0.743. The van der Waals surface area contributed by atoms with Gasteiger partial charge in [-0.2, -0.15) is 0 Å². The van der Waals surface area contributed by atoms with Gasteiger partial charge in [0.25, 0.3) is 5.91 Å². The van der Waals surface area contributed by atoms with Crippen molar-refractivity contribution in [2.45, 2.75) is 31.7 Å². The predicted octanol–water partition coefficient (Wildman–Crippen LogP) is 2.98. The standard InChI is InChI=1S/C23H29N5O/c29-23(24-20-10-4-5-11-20)21-12-13-22(26-25-21)28-17-15-27(16-18-28)14-6-9-19-7-2-1-3-8-19/h1-3,6-9,12-13,20H,4-5,10-11,14-18H2,(H,24,29)/b9-6+. The van der Waals surface area contributed by atoms with Crippen molar-refractivity contribution in [1.29, 1.82) is 0 Å². The molecule has 152 valence electrons. The zero-order chi connectivity index (χ0) is 19.9. The predicted molar refractivity (Wildman–Crippen MR) is 116 cm³/mol. The van der Waals surface area contributed by atoms with Crippen LogP contribution in [0.15, 0.2) is 48.5 Å². The van der Waals surface area contributed by atoms with E-state index in [1.165, 1.54) is 18.4 Å². The minimum Gasteiger partial charge on any atom is -0.353 e. The lowest BCUT2D eigenvalue weighted by atomic mass is 10.2. The van der Waals surface area contributed by atoms with Gasteiger partial charge in [-0.05, 0) is 30.5 Å². The Bertz CT molecular complexity index is 807. The second kappa shape index (κ2) is 9.65. The van der Waals surface area contributed by atoms with Gasteiger partial charge in [-0.3, -0.25) is 9.69 Å². The third-order valence-corrected chi connectivity index (χ3v) is 5.74. The van der Waals surface area contributed by atoms with E-state index in [-0.39, 0.29) is 5.91 Å². The highest BCUT2D eigenvalue weighted by molar-refractivity contribution is 5.92. The fourth-order valence-electron chi connectivity index (χ4n) is 4.01. The zero-order valence-electron chi connectivity index (χ0n) is 16.8. The molecule has 4 rings (SSSR count). The van der Waals surface area contributed by atoms with Gasteiger partial charge in [0.15, 0.2) is 11.5 Å². The number of benzene rings is 1. The van der Waals surface area contributed by atoms with Crippen molar-refractivity contribution in [3.05, 3.63) is 59.8 Å². The van der Waals surface area contributed by atoms with Crippen LogP contribution >= 0.6 is 0 Å². The molecule has 1 aromatic heterocycles. The molecule has 6 heteroatoms. The molecule has 1 aromatic carbocycles. The Balaban J connectivity index is 1.24. The number of amides is 1. The Kier molecular flexibility index (Phi) is 6.52. The summed E-state index contributed by atoms with van der Waals surface area (Å²) in [4.78, 5) is 17.0. The van der Waals surface area contributed by atoms with E-state index in [9.17, 15) is 4.79 Å². The van der Waals surface area contributed by atoms with Crippen LogP contribution in [0.5, 0.6) is 0 Å². The number of anilines is 1. The van der Waals surface area contributed by atoms with Gasteiger partial charge in [-0.25, -0.2) is 0 Å². The molecule has 0 radical (unpaired) electrons. The first-order valence-electron chi connectivity index (χ1n) is 10.6. The molecule has 1 N–H and O–H groups in total. The average molecular weight is 392 g/mol. The first-order chi connectivity index (χ1) is 14.3. The van der Waals surface area contributed by atoms with Crippen molar-refractivity contribution in [2.75, 3.05) is 37.6 Å². The summed E-state index contributed by atoms with van der Waals surface area (Å²) in [6.45, 7) is 4.77. The molecular formula is C23H29N5O. The number of piperazine rings is 1. The number of hydrogen-bond donors (Lipinski definition) is 1. The molecule has 0 bridgehead atoms. The molecule has 1 saturated carbocycles. The van der Waals surface area contributed by atoms with Crippen LogP contribution < -0.4 is 10.2 Å². The summed E-state index contributed by atoms with van der Waals surface area (Å²) in [6, 6.07) is 14.4. The molecule has 29 heavy (non-hydrogen) atoms. The highest BCUT2D eigenvalue weighted by atomic mass is 16.2. The minimum absolute atomic E-state index is 0.106. The van der Waals surface area contributed by atoms with E-state index in [0.717, 1.165) is 51.4 Å². The number of carbonyl (C=O) groups is 1. The van der Waals surface area contributed by atoms with Gasteiger partial charge >= 0.3 is 0 Å². The summed E-state index contributed by atoms with van der Waals surface area (Å²) in [7, 11) is 0. The maximum atomic E-state index is 12.3. The monoisotopic (exact) mass is 391 g/mol. The number of nitrogens with one attached hydrogen (secondary N) is 1. The molecule has 1 aliphatic heterocycles. The number of nitrogens with zero attached hydrogens (tertiary/aromatic N) is 4. The molecule has 2 fully saturated rings. The third-order valence-electron chi connectivity index (χ3n) is 5.74. The summed E-state index contributed by atoms with van der Waals surface area (Å²) in [5.41, 5.74) is 1.64. The van der Waals surface area contributed by atoms with Crippen LogP contribution in [0.4, 0.5) is 5.82 Å². The smallest absolute Gasteiger partial charge is 0.272 e. The summed E-state index contributed by atoms with van der Waals surface area (Å²) >= 11 is 0. The molecule has 2 heterocycles. The first kappa shape index (κ1) is 19.6. The van der Waals surface area contributed by atoms with Gasteiger partial charge in [-0.1, -0.05) is 55.3 Å². The van der Waals surface area contributed by atoms with Gasteiger partial charge in [-0.15, -0.1) is 10.2 Å². The van der Waals surface area contributed by atoms with Crippen LogP contribution in [0.3, 0.4) is 0 Å². The summed E-state index contributed by atoms with van der Waals surface area (Å²) in [5, 5.41) is 11.5. The van der Waals surface area contributed by atoms with Gasteiger partial charge < -0.3 is 10.2 Å². The largest absolute Gasteiger partial charge is 0.353 e. The van der Waals surface area contributed by atoms with Crippen molar-refractivity contribution in [3.8, 4) is 0 Å². The summed E-state index contributed by atoms with van der Waals surface area (Å²) in [6.07, 6.45) is 8.94. The Morgan fingerprint density at radius 2 is 1.76 bits per heavy atom. The molecule has 0 unspecified atom stereocenters. The van der Waals surface area contributed by atoms with E-state index >= 15 is 0 Å². The van der Waals surface area contributed by atoms with Crippen LogP contribution in [0.1, 0.15) is 41.7 Å². The van der Waals surface area contributed by atoms with E-state index < -0.39 is 0 Å². The average Bonchev–Trinajstić information content (AvgIpc) is 3.28. The molecule has 1 amide bonds. The first-order valence-corrected chi connectivity index (χ1v) is 10.6. The molecule has 2 aromatic rings. The fourth-order valence-corrected chi connectivity index (χ4v) is 4.01. The van der Waals surface area contributed by atoms with Gasteiger partial charge in [0.2, 0.25) is 0 Å². The van der Waals surface area contributed by atoms with E-state index in [2.05, 4.69) is 61.7 Å². The Morgan fingerprint density at radius 1 is 1.00 bits per heavy atom. The second-order valence-electron chi connectivity index (χ2n) is 7.83. The zero-order valence-corrected chi connectivity index (χ0v) is 16.8. The fraction of sp³-hybridized carbons (Fsp3) is 0.435. The van der Waals surface area contributed by atoms with Crippen molar-refractivity contribution >= 4 is 17.8 Å². The molecule has 2 aliphatic rings. The van der Waals surface area contributed by atoms with Crippen molar-refractivity contribution in [3.63, 3.8) is 0 Å². The second-order valence-corrected chi connectivity index (χ2v) is 7.83. The normalized spacial score (nSPS) is 18.4. The summed E-state index contributed by atoms with van der Waals surface area (Å²) < 4.78 is 0. The maximum Gasteiger partial charge on any atom is 0.272 e. The lowest BCUT2D eigenvalue weighted by molar-refractivity contribution is 0.0932. The molecular weight excluding hydrogens is 362 g/mol. The van der Waals surface area contributed by atoms with E-state index in [4.69, 9.17) is 0 Å². The van der Waals surface area contributed by atoms with Crippen LogP contribution in [-0.2, 0) is 0 Å². The third kappa shape index (κ3) is 5.41. The van der Waals surface area contributed by atoms with Crippen LogP contribution in [-0.4, -0.2) is 59.8 Å². The number of hydrogen-bond acceptors (Lipinski definition) is 5. The minimum atomic E-state index is -0.106. The van der Waals surface area contributed by atoms with Gasteiger partial charge in [0, 0.05) is 38.8 Å². The van der Waals surface area contributed by atoms with Crippen LogP contribution in [0, 0.1) is 0 Å². The van der Waals surface area contributed by atoms with Gasteiger partial charge in [0.05, 0.1) is 0 Å². The Labute approximate surface area is 172 Å². The Hall–Kier alpha value is -2.73. The van der Waals surface area contributed by atoms with E-state index in [0.29, 0.717) is 11.7 Å². The molecule has 1 saturated heterocycles. The van der Waals surface area contributed by atoms with Crippen molar-refractivity contribution in [2.24, 2.45) is 0 Å². The lowest BCUT2D eigenvalue weighted by Gasteiger charge is -2.34. The molecule has 1 aliphatic carbocycles. The Morgan fingerprint density at radius 3 is 2.45 bits per heavy atom. The molecule has 0 spiro atoms. The molecule has 0 atom stereocenters. The topological polar surface area (TPSA) is 61.4 Å². The number of aromatic nitrogens is 2. The van der Waals surface area contributed by atoms with Crippen LogP contribution in [0.25, 0.3) is 6.08 Å². The van der Waals surface area contributed by atoms with E-state index in [1.807, 2.05) is 12.1 Å². The van der Waals surface area contributed by atoms with Crippen molar-refractivity contribution in [1.82, 2.24) is 20.4 Å².